The molecule has 1 aromatic carbocycles. The van der Waals surface area contributed by atoms with E-state index in [2.05, 4.69) is 0 Å². The molecule has 0 bridgehead atoms. The zero-order chi connectivity index (χ0) is 12.4. The first-order valence-electron chi connectivity index (χ1n) is 5.76. The van der Waals surface area contributed by atoms with Gasteiger partial charge in [0.2, 0.25) is 0 Å². The average molecular weight is 236 g/mol. The van der Waals surface area contributed by atoms with E-state index in [4.69, 9.17) is 10.5 Å². The van der Waals surface area contributed by atoms with Crippen molar-refractivity contribution < 1.29 is 9.66 Å². The van der Waals surface area contributed by atoms with Crippen molar-refractivity contribution in [1.82, 2.24) is 0 Å². The largest absolute Gasteiger partial charge is 0.488 e. The molecule has 5 heteroatoms. The van der Waals surface area contributed by atoms with Gasteiger partial charge in [-0.25, -0.2) is 0 Å². The van der Waals surface area contributed by atoms with Crippen LogP contribution >= 0.6 is 0 Å². The van der Waals surface area contributed by atoms with Crippen molar-refractivity contribution in [2.24, 2.45) is 5.73 Å². The smallest absolute Gasteiger partial charge is 0.276 e. The molecule has 1 aromatic rings. The highest BCUT2D eigenvalue weighted by Gasteiger charge is 2.27. The molecule has 0 saturated heterocycles. The maximum atomic E-state index is 10.8. The van der Waals surface area contributed by atoms with Crippen molar-refractivity contribution in [3.05, 3.63) is 33.9 Å². The average Bonchev–Trinajstić information content (AvgIpc) is 2.67. The summed E-state index contributed by atoms with van der Waals surface area (Å²) in [5.74, 6) is 0.571. The predicted molar refractivity (Wildman–Crippen MR) is 64.1 cm³/mol. The first-order valence-corrected chi connectivity index (χ1v) is 5.76. The summed E-state index contributed by atoms with van der Waals surface area (Å²) in [7, 11) is 0. The lowest BCUT2D eigenvalue weighted by atomic mass is 10.1. The highest BCUT2D eigenvalue weighted by molar-refractivity contribution is 5.48. The summed E-state index contributed by atoms with van der Waals surface area (Å²) in [6.07, 6.45) is 2.91. The summed E-state index contributed by atoms with van der Waals surface area (Å²) in [5.41, 5.74) is 6.57. The number of nitrogens with two attached hydrogens (primary N) is 1. The first kappa shape index (κ1) is 11.9. The fourth-order valence-electron chi connectivity index (χ4n) is 2.19. The van der Waals surface area contributed by atoms with Crippen LogP contribution in [0.5, 0.6) is 5.75 Å². The van der Waals surface area contributed by atoms with E-state index in [-0.39, 0.29) is 17.8 Å². The van der Waals surface area contributed by atoms with E-state index in [0.717, 1.165) is 19.3 Å². The lowest BCUT2D eigenvalue weighted by Gasteiger charge is -2.19. The Morgan fingerprint density at radius 3 is 2.82 bits per heavy atom. The van der Waals surface area contributed by atoms with E-state index in [1.54, 1.807) is 19.1 Å². The molecule has 1 fully saturated rings. The summed E-state index contributed by atoms with van der Waals surface area (Å²) in [6, 6.07) is 4.92. The minimum Gasteiger partial charge on any atom is -0.488 e. The third-order valence-corrected chi connectivity index (χ3v) is 3.23. The molecule has 2 unspecified atom stereocenters. The number of hydrogen-bond acceptors (Lipinski definition) is 4. The Kier molecular flexibility index (Phi) is 3.28. The third-order valence-electron chi connectivity index (χ3n) is 3.23. The van der Waals surface area contributed by atoms with Gasteiger partial charge in [0.15, 0.2) is 0 Å². The van der Waals surface area contributed by atoms with E-state index < -0.39 is 4.92 Å². The van der Waals surface area contributed by atoms with Gasteiger partial charge in [0.1, 0.15) is 11.9 Å². The van der Waals surface area contributed by atoms with Gasteiger partial charge in [-0.3, -0.25) is 10.1 Å². The van der Waals surface area contributed by atoms with E-state index >= 15 is 0 Å². The minimum absolute atomic E-state index is 0.0179. The molecule has 0 aliphatic heterocycles. The molecular formula is C12H16N2O3. The Bertz CT molecular complexity index is 434. The van der Waals surface area contributed by atoms with Gasteiger partial charge in [-0.05, 0) is 32.3 Å². The van der Waals surface area contributed by atoms with Crippen LogP contribution in [0.25, 0.3) is 0 Å². The number of nitro groups is 1. The fraction of sp³-hybridized carbons (Fsp3) is 0.500. The summed E-state index contributed by atoms with van der Waals surface area (Å²) >= 11 is 0. The van der Waals surface area contributed by atoms with Gasteiger partial charge in [-0.15, -0.1) is 0 Å². The summed E-state index contributed by atoms with van der Waals surface area (Å²) < 4.78 is 5.78. The van der Waals surface area contributed by atoms with Gasteiger partial charge in [-0.2, -0.15) is 0 Å². The van der Waals surface area contributed by atoms with Crippen LogP contribution in [-0.4, -0.2) is 17.1 Å². The van der Waals surface area contributed by atoms with Crippen LogP contribution in [0.3, 0.4) is 0 Å². The summed E-state index contributed by atoms with van der Waals surface area (Å²) in [4.78, 5) is 10.4. The standard InChI is InChI=1S/C12H16N2O3/c1-8-10(14(15)16)5-3-6-11(8)17-12-7-2-4-9(12)13/h3,5-6,9,12H,2,4,7,13H2,1H3. The third kappa shape index (κ3) is 2.39. The van der Waals surface area contributed by atoms with Gasteiger partial charge < -0.3 is 10.5 Å². The second kappa shape index (κ2) is 4.71. The highest BCUT2D eigenvalue weighted by atomic mass is 16.6. The summed E-state index contributed by atoms with van der Waals surface area (Å²) in [5, 5.41) is 10.8. The molecule has 0 amide bonds. The van der Waals surface area contributed by atoms with Crippen molar-refractivity contribution in [1.29, 1.82) is 0 Å². The van der Waals surface area contributed by atoms with Crippen LogP contribution in [0.15, 0.2) is 18.2 Å². The Labute approximate surface area is 99.7 Å². The van der Waals surface area contributed by atoms with Gasteiger partial charge in [0.25, 0.3) is 5.69 Å². The molecule has 1 aliphatic carbocycles. The number of rotatable bonds is 3. The first-order chi connectivity index (χ1) is 8.09. The van der Waals surface area contributed by atoms with Crippen molar-refractivity contribution >= 4 is 5.69 Å². The molecule has 2 rings (SSSR count). The number of nitrogens with zero attached hydrogens (tertiary/aromatic N) is 1. The van der Waals surface area contributed by atoms with E-state index in [9.17, 15) is 10.1 Å². The second-order valence-corrected chi connectivity index (χ2v) is 4.41. The number of hydrogen-bond donors (Lipinski definition) is 1. The van der Waals surface area contributed by atoms with E-state index in [1.807, 2.05) is 0 Å². The van der Waals surface area contributed by atoms with Crippen LogP contribution in [0.2, 0.25) is 0 Å². The van der Waals surface area contributed by atoms with Crippen LogP contribution in [0.1, 0.15) is 24.8 Å². The van der Waals surface area contributed by atoms with Crippen LogP contribution in [0.4, 0.5) is 5.69 Å². The topological polar surface area (TPSA) is 78.4 Å². The zero-order valence-electron chi connectivity index (χ0n) is 9.76. The molecule has 0 aromatic heterocycles. The number of nitro benzene ring substituents is 1. The lowest BCUT2D eigenvalue weighted by Crippen LogP contribution is -2.33. The zero-order valence-corrected chi connectivity index (χ0v) is 9.76. The maximum Gasteiger partial charge on any atom is 0.276 e. The van der Waals surface area contributed by atoms with Gasteiger partial charge in [0.05, 0.1) is 10.5 Å². The fourth-order valence-corrected chi connectivity index (χ4v) is 2.19. The van der Waals surface area contributed by atoms with Crippen molar-refractivity contribution in [2.75, 3.05) is 0 Å². The van der Waals surface area contributed by atoms with Crippen molar-refractivity contribution in [3.63, 3.8) is 0 Å². The molecule has 2 atom stereocenters. The Morgan fingerprint density at radius 1 is 1.47 bits per heavy atom. The molecule has 2 N–H and O–H groups in total. The van der Waals surface area contributed by atoms with Crippen molar-refractivity contribution in [2.45, 2.75) is 38.3 Å². The van der Waals surface area contributed by atoms with Crippen LogP contribution in [-0.2, 0) is 0 Å². The molecule has 0 heterocycles. The monoisotopic (exact) mass is 236 g/mol. The number of ether oxygens (including phenoxy) is 1. The SMILES string of the molecule is Cc1c(OC2CCCC2N)cccc1[N+](=O)[O-]. The normalized spacial score (nSPS) is 23.6. The highest BCUT2D eigenvalue weighted by Crippen LogP contribution is 2.30. The van der Waals surface area contributed by atoms with Crippen LogP contribution < -0.4 is 10.5 Å². The number of benzene rings is 1. The van der Waals surface area contributed by atoms with E-state index in [1.165, 1.54) is 6.07 Å². The lowest BCUT2D eigenvalue weighted by molar-refractivity contribution is -0.385. The molecular weight excluding hydrogens is 220 g/mol. The molecule has 1 aliphatic rings. The summed E-state index contributed by atoms with van der Waals surface area (Å²) in [6.45, 7) is 1.70. The van der Waals surface area contributed by atoms with Gasteiger partial charge in [0, 0.05) is 12.1 Å². The Balaban J connectivity index is 2.21. The quantitative estimate of drug-likeness (QED) is 0.644. The molecule has 17 heavy (non-hydrogen) atoms. The Morgan fingerprint density at radius 2 is 2.24 bits per heavy atom. The predicted octanol–water partition coefficient (Wildman–Crippen LogP) is 2.16. The molecule has 5 nitrogen and oxygen atoms in total. The molecule has 0 spiro atoms. The van der Waals surface area contributed by atoms with Gasteiger partial charge >= 0.3 is 0 Å². The molecule has 1 saturated carbocycles. The second-order valence-electron chi connectivity index (χ2n) is 4.41. The van der Waals surface area contributed by atoms with E-state index in [0.29, 0.717) is 11.3 Å². The Hall–Kier alpha value is -1.62. The molecule has 92 valence electrons. The molecule has 0 radical (unpaired) electrons. The van der Waals surface area contributed by atoms with Gasteiger partial charge in [-0.1, -0.05) is 6.07 Å². The maximum absolute atomic E-state index is 10.8. The van der Waals surface area contributed by atoms with Crippen LogP contribution in [0, 0.1) is 17.0 Å². The minimum atomic E-state index is -0.392. The van der Waals surface area contributed by atoms with Crippen molar-refractivity contribution in [3.8, 4) is 5.75 Å².